The molecule has 0 radical (unpaired) electrons. The van der Waals surface area contributed by atoms with Crippen molar-refractivity contribution in [3.63, 3.8) is 0 Å². The first-order valence-corrected chi connectivity index (χ1v) is 8.83. The van der Waals surface area contributed by atoms with Crippen LogP contribution in [0.25, 0.3) is 11.1 Å². The second-order valence-electron chi connectivity index (χ2n) is 5.44. The lowest BCUT2D eigenvalue weighted by Crippen LogP contribution is -2.15. The zero-order chi connectivity index (χ0) is 17.8. The average molecular weight is 361 g/mol. The van der Waals surface area contributed by atoms with Gasteiger partial charge in [-0.3, -0.25) is 4.79 Å². The normalized spacial score (nSPS) is 12.6. The monoisotopic (exact) mass is 361 g/mol. The van der Waals surface area contributed by atoms with Gasteiger partial charge in [0.1, 0.15) is 11.3 Å². The molecule has 25 heavy (non-hydrogen) atoms. The van der Waals surface area contributed by atoms with Gasteiger partial charge in [0, 0.05) is 0 Å². The van der Waals surface area contributed by atoms with E-state index in [1.165, 1.54) is 11.8 Å². The lowest BCUT2D eigenvalue weighted by atomic mass is 10.3. The summed E-state index contributed by atoms with van der Waals surface area (Å²) in [5.74, 6) is 0.528. The number of benzene rings is 1. The van der Waals surface area contributed by atoms with Crippen molar-refractivity contribution in [2.24, 2.45) is 5.73 Å². The maximum absolute atomic E-state index is 11.1. The maximum Gasteiger partial charge on any atom is 0.257 e. The SMILES string of the molecule is CC[C@@H](Sc1nc2ccccc2o1)c1nc(CC(N)=O)nn1CCO. The smallest absolute Gasteiger partial charge is 0.257 e. The number of primary amides is 1. The van der Waals surface area contributed by atoms with Gasteiger partial charge >= 0.3 is 0 Å². The summed E-state index contributed by atoms with van der Waals surface area (Å²) >= 11 is 1.44. The minimum Gasteiger partial charge on any atom is -0.431 e. The predicted octanol–water partition coefficient (Wildman–Crippen LogP) is 1.68. The molecule has 3 aromatic rings. The van der Waals surface area contributed by atoms with Crippen LogP contribution < -0.4 is 5.73 Å². The summed E-state index contributed by atoms with van der Waals surface area (Å²) in [4.78, 5) is 20.0. The molecule has 1 amide bonds. The van der Waals surface area contributed by atoms with Gasteiger partial charge in [0.15, 0.2) is 11.4 Å². The van der Waals surface area contributed by atoms with Crippen LogP contribution in [0.3, 0.4) is 0 Å². The number of aliphatic hydroxyl groups excluding tert-OH is 1. The van der Waals surface area contributed by atoms with Crippen LogP contribution in [0.5, 0.6) is 0 Å². The van der Waals surface area contributed by atoms with Crippen LogP contribution in [0, 0.1) is 0 Å². The molecule has 0 aliphatic carbocycles. The van der Waals surface area contributed by atoms with E-state index in [1.54, 1.807) is 4.68 Å². The molecule has 0 spiro atoms. The molecule has 0 unspecified atom stereocenters. The van der Waals surface area contributed by atoms with Crippen molar-refractivity contribution in [1.29, 1.82) is 0 Å². The van der Waals surface area contributed by atoms with Gasteiger partial charge in [-0.2, -0.15) is 5.10 Å². The summed E-state index contributed by atoms with van der Waals surface area (Å²) in [5, 5.41) is 14.0. The van der Waals surface area contributed by atoms with Crippen LogP contribution in [0.2, 0.25) is 0 Å². The predicted molar refractivity (Wildman–Crippen MR) is 92.9 cm³/mol. The topological polar surface area (TPSA) is 120 Å². The van der Waals surface area contributed by atoms with Crippen LogP contribution >= 0.6 is 11.8 Å². The average Bonchev–Trinajstić information content (AvgIpc) is 3.15. The number of carbonyl (C=O) groups excluding carboxylic acids is 1. The van der Waals surface area contributed by atoms with Gasteiger partial charge in [-0.25, -0.2) is 14.6 Å². The Hall–Kier alpha value is -2.39. The third kappa shape index (κ3) is 3.99. The van der Waals surface area contributed by atoms with Gasteiger partial charge < -0.3 is 15.3 Å². The molecule has 3 rings (SSSR count). The number of fused-ring (bicyclic) bond motifs is 1. The van der Waals surface area contributed by atoms with Crippen molar-refractivity contribution in [2.45, 2.75) is 36.8 Å². The van der Waals surface area contributed by atoms with E-state index in [4.69, 9.17) is 10.2 Å². The molecular formula is C16H19N5O3S. The summed E-state index contributed by atoms with van der Waals surface area (Å²) in [5.41, 5.74) is 6.75. The Morgan fingerprint density at radius 2 is 2.20 bits per heavy atom. The molecule has 1 aromatic carbocycles. The van der Waals surface area contributed by atoms with Crippen LogP contribution in [-0.2, 0) is 17.8 Å². The fourth-order valence-electron chi connectivity index (χ4n) is 2.47. The van der Waals surface area contributed by atoms with Crippen molar-refractivity contribution in [3.8, 4) is 0 Å². The maximum atomic E-state index is 11.1. The van der Waals surface area contributed by atoms with E-state index in [-0.39, 0.29) is 18.3 Å². The third-order valence-electron chi connectivity index (χ3n) is 3.56. The van der Waals surface area contributed by atoms with E-state index >= 15 is 0 Å². The van der Waals surface area contributed by atoms with Crippen molar-refractivity contribution in [1.82, 2.24) is 19.7 Å². The Bertz CT molecular complexity index is 843. The Morgan fingerprint density at radius 1 is 1.40 bits per heavy atom. The minimum absolute atomic E-state index is 0.0323. The van der Waals surface area contributed by atoms with Crippen LogP contribution in [-0.4, -0.2) is 37.4 Å². The quantitative estimate of drug-likeness (QED) is 0.586. The van der Waals surface area contributed by atoms with Crippen molar-refractivity contribution < 1.29 is 14.3 Å². The zero-order valence-corrected chi connectivity index (χ0v) is 14.6. The van der Waals surface area contributed by atoms with Gasteiger partial charge in [0.25, 0.3) is 5.22 Å². The lowest BCUT2D eigenvalue weighted by Gasteiger charge is -2.12. The second kappa shape index (κ2) is 7.66. The molecule has 0 saturated heterocycles. The first-order chi connectivity index (χ1) is 12.1. The Morgan fingerprint density at radius 3 is 2.88 bits per heavy atom. The number of aromatic nitrogens is 4. The minimum atomic E-state index is -0.493. The summed E-state index contributed by atoms with van der Waals surface area (Å²) in [7, 11) is 0. The molecular weight excluding hydrogens is 342 g/mol. The molecule has 0 aliphatic rings. The fourth-order valence-corrected chi connectivity index (χ4v) is 3.45. The van der Waals surface area contributed by atoms with Crippen LogP contribution in [0.4, 0.5) is 0 Å². The highest BCUT2D eigenvalue weighted by Crippen LogP contribution is 2.37. The largest absolute Gasteiger partial charge is 0.431 e. The lowest BCUT2D eigenvalue weighted by molar-refractivity contribution is -0.117. The van der Waals surface area contributed by atoms with Crippen LogP contribution in [0.15, 0.2) is 33.9 Å². The van der Waals surface area contributed by atoms with Crippen molar-refractivity contribution in [2.75, 3.05) is 6.61 Å². The number of rotatable bonds is 8. The molecule has 132 valence electrons. The van der Waals surface area contributed by atoms with E-state index in [1.807, 2.05) is 31.2 Å². The van der Waals surface area contributed by atoms with Crippen LogP contribution in [0.1, 0.15) is 30.2 Å². The highest BCUT2D eigenvalue weighted by molar-refractivity contribution is 7.99. The summed E-state index contributed by atoms with van der Waals surface area (Å²) in [6, 6.07) is 7.56. The molecule has 0 bridgehead atoms. The molecule has 0 fully saturated rings. The molecule has 2 aromatic heterocycles. The third-order valence-corrected chi connectivity index (χ3v) is 4.77. The van der Waals surface area contributed by atoms with E-state index in [9.17, 15) is 9.90 Å². The number of aliphatic hydroxyl groups is 1. The molecule has 0 saturated carbocycles. The molecule has 1 atom stereocenters. The molecule has 3 N–H and O–H groups in total. The molecule has 9 heteroatoms. The molecule has 8 nitrogen and oxygen atoms in total. The number of amides is 1. The Kier molecular flexibility index (Phi) is 5.34. The highest BCUT2D eigenvalue weighted by atomic mass is 32.2. The Labute approximate surface area is 148 Å². The van der Waals surface area contributed by atoms with Gasteiger partial charge in [-0.1, -0.05) is 30.8 Å². The first kappa shape index (κ1) is 17.4. The highest BCUT2D eigenvalue weighted by Gasteiger charge is 2.23. The fraction of sp³-hybridized carbons (Fsp3) is 0.375. The zero-order valence-electron chi connectivity index (χ0n) is 13.8. The van der Waals surface area contributed by atoms with Crippen molar-refractivity contribution >= 4 is 28.8 Å². The summed E-state index contributed by atoms with van der Waals surface area (Å²) < 4.78 is 7.38. The van der Waals surface area contributed by atoms with E-state index in [2.05, 4.69) is 15.1 Å². The standard InChI is InChI=1S/C16H19N5O3S/c1-2-12(25-16-18-10-5-3-4-6-11(10)24-16)15-19-14(9-13(17)23)20-21(15)7-8-22/h3-6,12,22H,2,7-9H2,1H3,(H2,17,23)/t12-/m1/s1. The number of hydrogen-bond donors (Lipinski definition) is 2. The number of thioether (sulfide) groups is 1. The van der Waals surface area contributed by atoms with E-state index in [0.717, 1.165) is 17.5 Å². The number of nitrogens with two attached hydrogens (primary N) is 1. The van der Waals surface area contributed by atoms with Gasteiger partial charge in [-0.05, 0) is 18.6 Å². The number of para-hydroxylation sites is 2. The van der Waals surface area contributed by atoms with Gasteiger partial charge in [0.05, 0.1) is 24.8 Å². The second-order valence-corrected chi connectivity index (χ2v) is 6.59. The number of hydrogen-bond acceptors (Lipinski definition) is 7. The summed E-state index contributed by atoms with van der Waals surface area (Å²) in [6.07, 6.45) is 0.721. The van der Waals surface area contributed by atoms with E-state index in [0.29, 0.717) is 23.4 Å². The summed E-state index contributed by atoms with van der Waals surface area (Å²) in [6.45, 7) is 2.24. The molecule has 2 heterocycles. The van der Waals surface area contributed by atoms with E-state index < -0.39 is 5.91 Å². The number of carbonyl (C=O) groups is 1. The number of nitrogens with zero attached hydrogens (tertiary/aromatic N) is 4. The first-order valence-electron chi connectivity index (χ1n) is 7.95. The van der Waals surface area contributed by atoms with Gasteiger partial charge in [0.2, 0.25) is 5.91 Å². The van der Waals surface area contributed by atoms with Gasteiger partial charge in [-0.15, -0.1) is 0 Å². The Balaban J connectivity index is 1.88. The van der Waals surface area contributed by atoms with Crippen molar-refractivity contribution in [3.05, 3.63) is 35.9 Å². The number of oxazole rings is 1. The molecule has 0 aliphatic heterocycles.